The molecule has 2 atom stereocenters. The Morgan fingerprint density at radius 3 is 2.12 bits per heavy atom. The highest BCUT2D eigenvalue weighted by molar-refractivity contribution is 5.47. The average molecular weight is 252 g/mol. The zero-order valence-electron chi connectivity index (χ0n) is 7.68. The normalized spacial score (nSPS) is 28.6. The molecular weight excluding hydrogens is 251 g/mol. The Morgan fingerprint density at radius 2 is 1.65 bits per heavy atom. The van der Waals surface area contributed by atoms with Gasteiger partial charge in [0, 0.05) is 0 Å². The van der Waals surface area contributed by atoms with Crippen LogP contribution in [-0.4, -0.2) is 24.0 Å². The average Bonchev–Trinajstić information content (AvgIpc) is 2.31. The summed E-state index contributed by atoms with van der Waals surface area (Å²) in [7, 11) is 0. The summed E-state index contributed by atoms with van der Waals surface area (Å²) in [6.45, 7) is 0. The number of rotatable bonds is 2. The minimum Gasteiger partial charge on any atom is -0.211 e. The van der Waals surface area contributed by atoms with Crippen LogP contribution < -0.4 is 0 Å². The summed E-state index contributed by atoms with van der Waals surface area (Å²) in [6, 6.07) is -2.79. The number of nitrogens with zero attached hydrogens (tertiary/aromatic N) is 2. The summed E-state index contributed by atoms with van der Waals surface area (Å²) in [5.74, 6) is -13.6. The quantitative estimate of drug-likeness (QED) is 0.326. The molecule has 0 fully saturated rings. The first-order valence-corrected chi connectivity index (χ1v) is 3.86. The van der Waals surface area contributed by atoms with Crippen molar-refractivity contribution in [3.05, 3.63) is 23.3 Å². The minimum absolute atomic E-state index is 0.510. The molecule has 90 valence electrons. The van der Waals surface area contributed by atoms with E-state index < -0.39 is 35.1 Å². The third-order valence-electron chi connectivity index (χ3n) is 1.90. The van der Waals surface area contributed by atoms with Crippen LogP contribution in [0.1, 0.15) is 0 Å². The summed E-state index contributed by atoms with van der Waals surface area (Å²) >= 11 is 0. The Kier molecular flexibility index (Phi) is 3.36. The zero-order valence-corrected chi connectivity index (χ0v) is 7.68. The van der Waals surface area contributed by atoms with Crippen LogP contribution in [0.4, 0.5) is 22.0 Å². The summed E-state index contributed by atoms with van der Waals surface area (Å²) in [5, 5.41) is 0. The van der Waals surface area contributed by atoms with Gasteiger partial charge in [-0.3, -0.25) is 0 Å². The Morgan fingerprint density at radius 1 is 1.06 bits per heavy atom. The van der Waals surface area contributed by atoms with Crippen LogP contribution in [-0.2, 0) is 9.59 Å². The highest BCUT2D eigenvalue weighted by atomic mass is 19.2. The van der Waals surface area contributed by atoms with Crippen molar-refractivity contribution in [1.29, 1.82) is 0 Å². The molecular formula is C8HF5N2O2. The molecule has 0 heterocycles. The molecule has 0 radical (unpaired) electrons. The van der Waals surface area contributed by atoms with Crippen LogP contribution in [0.15, 0.2) is 33.3 Å². The molecule has 0 saturated heterocycles. The van der Waals surface area contributed by atoms with Crippen LogP contribution in [0.5, 0.6) is 0 Å². The maximum Gasteiger partial charge on any atom is 0.294 e. The van der Waals surface area contributed by atoms with Gasteiger partial charge in [-0.05, 0) is 0 Å². The van der Waals surface area contributed by atoms with Crippen LogP contribution in [0.25, 0.3) is 0 Å². The largest absolute Gasteiger partial charge is 0.294 e. The van der Waals surface area contributed by atoms with E-state index >= 15 is 0 Å². The van der Waals surface area contributed by atoms with Crippen LogP contribution >= 0.6 is 0 Å². The lowest BCUT2D eigenvalue weighted by atomic mass is 9.97. The van der Waals surface area contributed by atoms with E-state index in [1.807, 2.05) is 0 Å². The monoisotopic (exact) mass is 252 g/mol. The molecule has 0 spiro atoms. The predicted octanol–water partition coefficient (Wildman–Crippen LogP) is 2.01. The van der Waals surface area contributed by atoms with Crippen molar-refractivity contribution < 1.29 is 31.5 Å². The van der Waals surface area contributed by atoms with E-state index in [1.54, 1.807) is 0 Å². The van der Waals surface area contributed by atoms with Crippen molar-refractivity contribution >= 4 is 12.2 Å². The van der Waals surface area contributed by atoms with Crippen molar-refractivity contribution in [2.75, 3.05) is 0 Å². The number of isocyanates is 2. The maximum absolute atomic E-state index is 13.7. The number of hydrogen-bond acceptors (Lipinski definition) is 4. The highest BCUT2D eigenvalue weighted by Crippen LogP contribution is 2.44. The van der Waals surface area contributed by atoms with Crippen molar-refractivity contribution in [1.82, 2.24) is 0 Å². The van der Waals surface area contributed by atoms with Crippen LogP contribution in [0.2, 0.25) is 0 Å². The topological polar surface area (TPSA) is 58.9 Å². The van der Waals surface area contributed by atoms with E-state index in [4.69, 9.17) is 0 Å². The lowest BCUT2D eigenvalue weighted by molar-refractivity contribution is 0.134. The summed E-state index contributed by atoms with van der Waals surface area (Å²) in [6.07, 6.45) is 1.14. The Labute approximate surface area is 89.9 Å². The van der Waals surface area contributed by atoms with Gasteiger partial charge in [-0.1, -0.05) is 0 Å². The van der Waals surface area contributed by atoms with Crippen molar-refractivity contribution in [3.8, 4) is 0 Å². The molecule has 0 saturated carbocycles. The van der Waals surface area contributed by atoms with Crippen molar-refractivity contribution in [2.45, 2.75) is 11.8 Å². The molecule has 0 aliphatic heterocycles. The second kappa shape index (κ2) is 4.40. The first kappa shape index (κ1) is 13.0. The van der Waals surface area contributed by atoms with Gasteiger partial charge in [0.15, 0.2) is 23.5 Å². The fourth-order valence-electron chi connectivity index (χ4n) is 1.13. The van der Waals surface area contributed by atoms with E-state index in [-0.39, 0.29) is 0 Å². The summed E-state index contributed by atoms with van der Waals surface area (Å²) in [5.41, 5.74) is 0. The third kappa shape index (κ3) is 1.82. The first-order valence-electron chi connectivity index (χ1n) is 3.86. The van der Waals surface area contributed by atoms with E-state index in [1.165, 1.54) is 0 Å². The van der Waals surface area contributed by atoms with Gasteiger partial charge >= 0.3 is 0 Å². The molecule has 0 bridgehead atoms. The lowest BCUT2D eigenvalue weighted by Gasteiger charge is -2.25. The number of alkyl halides is 1. The molecule has 0 aromatic carbocycles. The van der Waals surface area contributed by atoms with Gasteiger partial charge in [0.25, 0.3) is 5.79 Å². The van der Waals surface area contributed by atoms with Gasteiger partial charge in [0.05, 0.1) is 0 Å². The molecule has 0 aromatic rings. The second-order valence-corrected chi connectivity index (χ2v) is 2.79. The second-order valence-electron chi connectivity index (χ2n) is 2.79. The van der Waals surface area contributed by atoms with Crippen LogP contribution in [0, 0.1) is 0 Å². The fourth-order valence-corrected chi connectivity index (χ4v) is 1.13. The molecule has 0 N–H and O–H groups in total. The Hall–Kier alpha value is -2.11. The number of hydrogen-bond donors (Lipinski definition) is 0. The number of aliphatic imine (C=N–C) groups is 2. The maximum atomic E-state index is 13.7. The molecule has 1 rings (SSSR count). The summed E-state index contributed by atoms with van der Waals surface area (Å²) < 4.78 is 65.2. The number of halogens is 5. The minimum atomic E-state index is -3.98. The van der Waals surface area contributed by atoms with Gasteiger partial charge in [-0.2, -0.15) is 9.98 Å². The third-order valence-corrected chi connectivity index (χ3v) is 1.90. The molecule has 2 unspecified atom stereocenters. The van der Waals surface area contributed by atoms with E-state index in [0.717, 1.165) is 0 Å². The van der Waals surface area contributed by atoms with E-state index in [0.29, 0.717) is 12.2 Å². The molecule has 0 aromatic heterocycles. The van der Waals surface area contributed by atoms with Gasteiger partial charge in [-0.25, -0.2) is 31.5 Å². The van der Waals surface area contributed by atoms with Crippen LogP contribution in [0.3, 0.4) is 0 Å². The van der Waals surface area contributed by atoms with E-state index in [9.17, 15) is 31.5 Å². The zero-order chi connectivity index (χ0) is 13.2. The van der Waals surface area contributed by atoms with Crippen molar-refractivity contribution in [3.63, 3.8) is 0 Å². The molecule has 1 aliphatic rings. The van der Waals surface area contributed by atoms with Gasteiger partial charge < -0.3 is 0 Å². The summed E-state index contributed by atoms with van der Waals surface area (Å²) in [4.78, 5) is 24.3. The highest BCUT2D eigenvalue weighted by Gasteiger charge is 2.54. The molecule has 17 heavy (non-hydrogen) atoms. The standard InChI is InChI=1S/C8HF5N2O2/c9-3-4(10)6(12)8(13,15-2-17)7(5(3)11)14-1-16/h7H. The molecule has 1 aliphatic carbocycles. The molecule has 4 nitrogen and oxygen atoms in total. The van der Waals surface area contributed by atoms with Crippen molar-refractivity contribution in [2.24, 2.45) is 9.98 Å². The SMILES string of the molecule is O=C=NC1C(F)=C(F)C(F)=C(F)C1(F)N=C=O. The predicted molar refractivity (Wildman–Crippen MR) is 42.4 cm³/mol. The lowest BCUT2D eigenvalue weighted by Crippen LogP contribution is -2.39. The fraction of sp³-hybridized carbons (Fsp3) is 0.250. The number of carbonyl (C=O) groups excluding carboxylic acids is 2. The van der Waals surface area contributed by atoms with E-state index in [2.05, 4.69) is 9.98 Å². The van der Waals surface area contributed by atoms with Gasteiger partial charge in [-0.15, -0.1) is 0 Å². The smallest absolute Gasteiger partial charge is 0.211 e. The molecule has 0 amide bonds. The molecule has 9 heteroatoms. The Bertz CT molecular complexity index is 516. The first-order chi connectivity index (χ1) is 7.90. The van der Waals surface area contributed by atoms with Gasteiger partial charge in [0.1, 0.15) is 0 Å². The van der Waals surface area contributed by atoms with Gasteiger partial charge in [0.2, 0.25) is 18.0 Å². The Balaban J connectivity index is 3.58. The number of allylic oxidation sites excluding steroid dienone is 2.